The summed E-state index contributed by atoms with van der Waals surface area (Å²) >= 11 is 0. The zero-order valence-corrected chi connectivity index (χ0v) is 38.2. The van der Waals surface area contributed by atoms with Crippen molar-refractivity contribution in [3.8, 4) is 0 Å². The van der Waals surface area contributed by atoms with E-state index < -0.39 is 0 Å². The molecule has 0 aliphatic heterocycles. The molecule has 0 aromatic heterocycles. The van der Waals surface area contributed by atoms with E-state index in [0.717, 1.165) is 0 Å². The molecule has 0 saturated carbocycles. The van der Waals surface area contributed by atoms with E-state index in [1.54, 1.807) is 14.1 Å². The Morgan fingerprint density at radius 3 is 0.338 bits per heavy atom. The fourth-order valence-corrected chi connectivity index (χ4v) is 3.96. The van der Waals surface area contributed by atoms with E-state index >= 15 is 0 Å². The molecule has 0 aromatic rings. The summed E-state index contributed by atoms with van der Waals surface area (Å²) in [6.07, 6.45) is 0. The van der Waals surface area contributed by atoms with Crippen LogP contribution >= 0.6 is 0 Å². The van der Waals surface area contributed by atoms with E-state index in [2.05, 4.69) is 0 Å². The number of hydrogen-bond acceptors (Lipinski definition) is 1. The molecule has 0 amide bonds. The fraction of sp³-hybridized carbons (Fsp3) is 1.00. The van der Waals surface area contributed by atoms with Gasteiger partial charge >= 0.3 is 435 Å². The van der Waals surface area contributed by atoms with Gasteiger partial charge in [0.1, 0.15) is 0 Å². The predicted molar refractivity (Wildman–Crippen MR) is 372 cm³/mol. The second kappa shape index (κ2) is 67.9. The number of rotatable bonds is 31. The van der Waals surface area contributed by atoms with Gasteiger partial charge < -0.3 is 0 Å². The second-order valence-electron chi connectivity index (χ2n) is 12.3. The van der Waals surface area contributed by atoms with Gasteiger partial charge in [-0.3, -0.25) is 0 Å². The molecule has 0 spiro atoms. The average molecular weight is 714 g/mol. The van der Waals surface area contributed by atoms with Gasteiger partial charge in [-0.1, -0.05) is 0 Å². The van der Waals surface area contributed by atoms with E-state index in [1.807, 2.05) is 416 Å². The van der Waals surface area contributed by atoms with Gasteiger partial charge in [-0.25, -0.2) is 0 Å². The van der Waals surface area contributed by atoms with Gasteiger partial charge in [-0.2, -0.15) is 0 Å². The van der Waals surface area contributed by atoms with Gasteiger partial charge in [0.15, 0.2) is 0 Å². The van der Waals surface area contributed by atoms with Crippen LogP contribution in [0.25, 0.3) is 0 Å². The second-order valence-corrected chi connectivity index (χ2v) is 12.3. The van der Waals surface area contributed by atoms with Gasteiger partial charge in [0.05, 0.1) is 0 Å². The van der Waals surface area contributed by atoms with Crippen molar-refractivity contribution < 1.29 is 4.65 Å². The van der Waals surface area contributed by atoms with Gasteiger partial charge in [0.2, 0.25) is 0 Å². The summed E-state index contributed by atoms with van der Waals surface area (Å²) in [5.41, 5.74) is 0. The Balaban J connectivity index is 4.08. The van der Waals surface area contributed by atoms with Crippen LogP contribution in [-0.2, 0) is 4.65 Å². The Bertz CT molecular complexity index is 2160. The van der Waals surface area contributed by atoms with E-state index in [0.29, 0.717) is 0 Å². The molecule has 0 aromatic carbocycles. The molecule has 0 unspecified atom stereocenters. The van der Waals surface area contributed by atoms with Crippen molar-refractivity contribution in [3.05, 3.63) is 0 Å². The number of hydrogen-bond donors (Lipinski definition) is 0. The molecule has 0 rings (SSSR count). The van der Waals surface area contributed by atoms with Crippen LogP contribution in [0.15, 0.2) is 0 Å². The summed E-state index contributed by atoms with van der Waals surface area (Å²) < 4.78 is 4.82. The molecule has 0 radical (unpaired) electrons. The van der Waals surface area contributed by atoms with E-state index in [1.165, 1.54) is 0 Å². The van der Waals surface area contributed by atoms with Crippen LogP contribution in [0.3, 0.4) is 0 Å². The van der Waals surface area contributed by atoms with E-state index in [-0.39, 0.29) is 0 Å². The Hall–Kier alpha value is 3.89. The van der Waals surface area contributed by atoms with E-state index in [9.17, 15) is 0 Å². The molecule has 0 aliphatic carbocycles. The molecule has 0 aliphatic rings. The summed E-state index contributed by atoms with van der Waals surface area (Å²) in [5.74, 6) is 0. The predicted octanol–water partition coefficient (Wildman–Crippen LogP) is -24.4. The summed E-state index contributed by atoms with van der Waals surface area (Å²) in [6.45, 7) is 121. The van der Waals surface area contributed by atoms with Crippen LogP contribution in [0.5, 0.6) is 0 Å². The molecular formula is CH5B63O. The summed E-state index contributed by atoms with van der Waals surface area (Å²) in [6, 6.07) is 0. The van der Waals surface area contributed by atoms with Crippen LogP contribution in [0, 0.1) is 0 Å². The standard InChI is InChI=1S/CH5B63O/c1-65-64-63-62-61-60-59-58-57-56-55-54-53-52-51-50-49-48-47-46-45-44-43-42-41-40-39-38-37-36-35-34-33-32-31-30-29-28-27-26-25-24-23-22-21-20-19-18-17-16-15-14-13-12-11-10-9-8-7-6-5-4-3-2/h2H2,1H3. The van der Waals surface area contributed by atoms with Crippen molar-refractivity contribution in [1.29, 1.82) is 0 Å². The van der Waals surface area contributed by atoms with Crippen molar-refractivity contribution in [2.24, 2.45) is 0 Å². The first-order valence-corrected chi connectivity index (χ1v) is 21.6. The minimum atomic E-state index is 1.62. The average Bonchev–Trinajstić information content (AvgIpc) is 3.32. The summed E-state index contributed by atoms with van der Waals surface area (Å²) in [5, 5.41) is 0. The minimum absolute atomic E-state index is 1.62. The van der Waals surface area contributed by atoms with Gasteiger partial charge in [0.25, 0.3) is 0 Å². The van der Waals surface area contributed by atoms with Crippen molar-refractivity contribution in [1.82, 2.24) is 0 Å². The Morgan fingerprint density at radius 1 is 0.154 bits per heavy atom. The SMILES string of the molecule is BB=BB=BB=BB=BB=BB=BB=BB=BB=BB=BB=BB=BB=BB=BB=BB=BB=BB=BB=BB=BB=BB=BB=BB=BB=BB=BB=BB=BB=BB=BB=BOC. The molecule has 0 atom stereocenters. The molecule has 64 heteroatoms. The zero-order chi connectivity index (χ0) is 46.5. The summed E-state index contributed by atoms with van der Waals surface area (Å²) in [7, 11) is 5.25. The molecule has 1 nitrogen and oxygen atoms in total. The summed E-state index contributed by atoms with van der Waals surface area (Å²) in [4.78, 5) is 0. The molecule has 0 heterocycles. The van der Waals surface area contributed by atoms with Gasteiger partial charge in [-0.15, -0.1) is 0 Å². The third-order valence-electron chi connectivity index (χ3n) is 6.96. The van der Waals surface area contributed by atoms with Gasteiger partial charge in [0, 0.05) is 0 Å². The molecular weight excluding hydrogens is 709 g/mol. The van der Waals surface area contributed by atoms with Gasteiger partial charge in [-0.05, 0) is 0 Å². The van der Waals surface area contributed by atoms with Crippen LogP contribution in [0.1, 0.15) is 0 Å². The fourth-order valence-electron chi connectivity index (χ4n) is 3.96. The third kappa shape index (κ3) is 67.9. The quantitative estimate of drug-likeness (QED) is 0.0650. The maximum atomic E-state index is 4.82. The molecule has 204 valence electrons. The molecule has 0 bridgehead atoms. The maximum absolute atomic E-state index is 4.82. The normalized spacial score (nSPS) is 7.83. The van der Waals surface area contributed by atoms with E-state index in [4.69, 9.17) is 4.65 Å². The Kier molecular flexibility index (Phi) is 72.0. The van der Waals surface area contributed by atoms with Crippen molar-refractivity contribution >= 4 is 423 Å². The molecule has 65 heavy (non-hydrogen) atoms. The van der Waals surface area contributed by atoms with Crippen LogP contribution in [0.4, 0.5) is 0 Å². The molecule has 0 N–H and O–H groups in total. The first-order chi connectivity index (χ1) is 32.4. The first kappa shape index (κ1) is 68.9. The topological polar surface area (TPSA) is 9.23 Å². The van der Waals surface area contributed by atoms with Crippen molar-refractivity contribution in [2.45, 2.75) is 0 Å². The van der Waals surface area contributed by atoms with Crippen LogP contribution < -0.4 is 0 Å². The Labute approximate surface area is 430 Å². The third-order valence-corrected chi connectivity index (χ3v) is 6.96. The first-order valence-electron chi connectivity index (χ1n) is 21.6. The van der Waals surface area contributed by atoms with Crippen molar-refractivity contribution in [3.63, 3.8) is 0 Å². The molecule has 0 fully saturated rings. The van der Waals surface area contributed by atoms with Crippen molar-refractivity contribution in [2.75, 3.05) is 7.11 Å². The molecule has 0 saturated heterocycles. The monoisotopic (exact) mass is 727 g/mol. The zero-order valence-electron chi connectivity index (χ0n) is 38.2. The van der Waals surface area contributed by atoms with Crippen LogP contribution in [0.2, 0.25) is 0 Å². The van der Waals surface area contributed by atoms with Crippen LogP contribution in [-0.4, -0.2) is 430 Å². The Morgan fingerprint density at radius 2 is 0.246 bits per heavy atom.